The molecule has 0 bridgehead atoms. The lowest BCUT2D eigenvalue weighted by Gasteiger charge is -2.09. The molecule has 0 fully saturated rings. The molecule has 108 valence electrons. The molecule has 0 atom stereocenters. The summed E-state index contributed by atoms with van der Waals surface area (Å²) in [5.41, 5.74) is 0.442. The standard InChI is InChI=1S/C14H11ClN2O4/c15-8-2-1-3-9(6-8)16-14(21)17-10-4-5-12(18)11(7-10)13(19)20/h1-7,18H,(H,19,20)(H2,16,17,21). The smallest absolute Gasteiger partial charge is 0.339 e. The van der Waals surface area contributed by atoms with Crippen molar-refractivity contribution in [2.75, 3.05) is 10.6 Å². The van der Waals surface area contributed by atoms with Gasteiger partial charge in [0.25, 0.3) is 0 Å². The Kier molecular flexibility index (Phi) is 4.30. The number of halogens is 1. The summed E-state index contributed by atoms with van der Waals surface area (Å²) >= 11 is 5.80. The molecule has 2 aromatic rings. The fourth-order valence-electron chi connectivity index (χ4n) is 1.64. The van der Waals surface area contributed by atoms with Gasteiger partial charge in [-0.15, -0.1) is 0 Å². The topological polar surface area (TPSA) is 98.7 Å². The zero-order valence-corrected chi connectivity index (χ0v) is 11.4. The van der Waals surface area contributed by atoms with Crippen LogP contribution in [-0.4, -0.2) is 22.2 Å². The summed E-state index contributed by atoms with van der Waals surface area (Å²) in [6, 6.07) is 9.77. The van der Waals surface area contributed by atoms with Gasteiger partial charge in [0.1, 0.15) is 11.3 Å². The fourth-order valence-corrected chi connectivity index (χ4v) is 1.84. The summed E-state index contributed by atoms with van der Waals surface area (Å²) in [6.45, 7) is 0. The molecule has 0 radical (unpaired) electrons. The number of urea groups is 1. The molecule has 7 heteroatoms. The summed E-state index contributed by atoms with van der Waals surface area (Å²) in [4.78, 5) is 22.7. The van der Waals surface area contributed by atoms with Crippen LogP contribution in [0, 0.1) is 0 Å². The Morgan fingerprint density at radius 3 is 2.29 bits per heavy atom. The normalized spacial score (nSPS) is 9.95. The second-order valence-electron chi connectivity index (χ2n) is 4.13. The van der Waals surface area contributed by atoms with Gasteiger partial charge in [-0.2, -0.15) is 0 Å². The zero-order chi connectivity index (χ0) is 15.4. The Morgan fingerprint density at radius 1 is 1.00 bits per heavy atom. The molecule has 6 nitrogen and oxygen atoms in total. The SMILES string of the molecule is O=C(Nc1cccc(Cl)c1)Nc1ccc(O)c(C(=O)O)c1. The van der Waals surface area contributed by atoms with E-state index in [1.807, 2.05) is 0 Å². The van der Waals surface area contributed by atoms with Gasteiger partial charge in [0.15, 0.2) is 0 Å². The number of carboxylic acids is 1. The van der Waals surface area contributed by atoms with Crippen molar-refractivity contribution in [3.63, 3.8) is 0 Å². The summed E-state index contributed by atoms with van der Waals surface area (Å²) in [7, 11) is 0. The Bertz CT molecular complexity index is 703. The van der Waals surface area contributed by atoms with Crippen LogP contribution in [0.2, 0.25) is 5.02 Å². The molecule has 0 aliphatic carbocycles. The highest BCUT2D eigenvalue weighted by Crippen LogP contribution is 2.22. The molecule has 4 N–H and O–H groups in total. The number of rotatable bonds is 3. The summed E-state index contributed by atoms with van der Waals surface area (Å²) < 4.78 is 0. The Hall–Kier alpha value is -2.73. The van der Waals surface area contributed by atoms with E-state index in [1.165, 1.54) is 12.1 Å². The van der Waals surface area contributed by atoms with Gasteiger partial charge in [0, 0.05) is 16.4 Å². The number of hydrogen-bond donors (Lipinski definition) is 4. The third kappa shape index (κ3) is 3.87. The van der Waals surface area contributed by atoms with Crippen molar-refractivity contribution in [3.05, 3.63) is 53.1 Å². The molecule has 21 heavy (non-hydrogen) atoms. The third-order valence-electron chi connectivity index (χ3n) is 2.57. The second kappa shape index (κ2) is 6.15. The minimum Gasteiger partial charge on any atom is -0.507 e. The predicted octanol–water partition coefficient (Wildman–Crippen LogP) is 3.39. The van der Waals surface area contributed by atoms with Crippen LogP contribution in [0.3, 0.4) is 0 Å². The number of amides is 2. The van der Waals surface area contributed by atoms with E-state index in [-0.39, 0.29) is 17.0 Å². The number of hydrogen-bond acceptors (Lipinski definition) is 3. The molecule has 2 rings (SSSR count). The first-order valence-corrected chi connectivity index (χ1v) is 6.23. The van der Waals surface area contributed by atoms with E-state index in [4.69, 9.17) is 16.7 Å². The first kappa shape index (κ1) is 14.7. The lowest BCUT2D eigenvalue weighted by Crippen LogP contribution is -2.19. The van der Waals surface area contributed by atoms with E-state index >= 15 is 0 Å². The minimum absolute atomic E-state index is 0.240. The summed E-state index contributed by atoms with van der Waals surface area (Å²) in [5.74, 6) is -1.66. The number of aromatic carboxylic acids is 1. The van der Waals surface area contributed by atoms with Crippen molar-refractivity contribution in [2.24, 2.45) is 0 Å². The molecule has 0 aliphatic heterocycles. The number of nitrogens with one attached hydrogen (secondary N) is 2. The maximum Gasteiger partial charge on any atom is 0.339 e. The number of benzene rings is 2. The highest BCUT2D eigenvalue weighted by atomic mass is 35.5. The minimum atomic E-state index is -1.29. The van der Waals surface area contributed by atoms with Gasteiger partial charge >= 0.3 is 12.0 Å². The van der Waals surface area contributed by atoms with Crippen LogP contribution in [0.1, 0.15) is 10.4 Å². The van der Waals surface area contributed by atoms with E-state index in [2.05, 4.69) is 10.6 Å². The highest BCUT2D eigenvalue weighted by Gasteiger charge is 2.11. The average Bonchev–Trinajstić information content (AvgIpc) is 2.40. The van der Waals surface area contributed by atoms with Crippen LogP contribution in [0.5, 0.6) is 5.75 Å². The predicted molar refractivity (Wildman–Crippen MR) is 79.2 cm³/mol. The number of carboxylic acid groups (broad SMARTS) is 1. The van der Waals surface area contributed by atoms with Crippen molar-refractivity contribution < 1.29 is 19.8 Å². The molecule has 0 saturated carbocycles. The van der Waals surface area contributed by atoms with Gasteiger partial charge in [-0.3, -0.25) is 0 Å². The fraction of sp³-hybridized carbons (Fsp3) is 0. The van der Waals surface area contributed by atoms with Crippen LogP contribution < -0.4 is 10.6 Å². The third-order valence-corrected chi connectivity index (χ3v) is 2.80. The molecule has 0 aliphatic rings. The van der Waals surface area contributed by atoms with E-state index in [0.717, 1.165) is 6.07 Å². The van der Waals surface area contributed by atoms with Crippen LogP contribution in [0.4, 0.5) is 16.2 Å². The number of carbonyl (C=O) groups excluding carboxylic acids is 1. The highest BCUT2D eigenvalue weighted by molar-refractivity contribution is 6.30. The lowest BCUT2D eigenvalue weighted by atomic mass is 10.2. The molecule has 2 aromatic carbocycles. The van der Waals surface area contributed by atoms with Crippen LogP contribution >= 0.6 is 11.6 Å². The number of phenols is 1. The van der Waals surface area contributed by atoms with Crippen LogP contribution in [0.15, 0.2) is 42.5 Å². The van der Waals surface area contributed by atoms with Crippen molar-refractivity contribution in [2.45, 2.75) is 0 Å². The monoisotopic (exact) mass is 306 g/mol. The van der Waals surface area contributed by atoms with Gasteiger partial charge in [0.2, 0.25) is 0 Å². The molecule has 0 spiro atoms. The molecule has 0 heterocycles. The van der Waals surface area contributed by atoms with Crippen molar-refractivity contribution in [3.8, 4) is 5.75 Å². The second-order valence-corrected chi connectivity index (χ2v) is 4.56. The average molecular weight is 307 g/mol. The molecular weight excluding hydrogens is 296 g/mol. The van der Waals surface area contributed by atoms with E-state index in [0.29, 0.717) is 10.7 Å². The first-order valence-electron chi connectivity index (χ1n) is 5.85. The first-order chi connectivity index (χ1) is 9.95. The van der Waals surface area contributed by atoms with Gasteiger partial charge in [-0.1, -0.05) is 17.7 Å². The van der Waals surface area contributed by atoms with Gasteiger partial charge in [-0.25, -0.2) is 9.59 Å². The number of anilines is 2. The summed E-state index contributed by atoms with van der Waals surface area (Å²) in [5, 5.41) is 23.8. The largest absolute Gasteiger partial charge is 0.507 e. The molecule has 0 aromatic heterocycles. The lowest BCUT2D eigenvalue weighted by molar-refractivity contribution is 0.0693. The van der Waals surface area contributed by atoms with Gasteiger partial charge in [-0.05, 0) is 36.4 Å². The van der Waals surface area contributed by atoms with E-state index in [1.54, 1.807) is 24.3 Å². The Labute approximate surface area is 125 Å². The van der Waals surface area contributed by atoms with Gasteiger partial charge < -0.3 is 20.8 Å². The maximum absolute atomic E-state index is 11.8. The number of carbonyl (C=O) groups is 2. The van der Waals surface area contributed by atoms with Crippen molar-refractivity contribution in [1.29, 1.82) is 0 Å². The van der Waals surface area contributed by atoms with E-state index in [9.17, 15) is 14.7 Å². The molecule has 2 amide bonds. The van der Waals surface area contributed by atoms with Gasteiger partial charge in [0.05, 0.1) is 0 Å². The molecule has 0 saturated heterocycles. The quantitative estimate of drug-likeness (QED) is 0.653. The molecular formula is C14H11ClN2O4. The van der Waals surface area contributed by atoms with Crippen LogP contribution in [0.25, 0.3) is 0 Å². The molecule has 0 unspecified atom stereocenters. The van der Waals surface area contributed by atoms with Crippen LogP contribution in [-0.2, 0) is 0 Å². The van der Waals surface area contributed by atoms with Crippen molar-refractivity contribution >= 4 is 35.0 Å². The van der Waals surface area contributed by atoms with Crippen molar-refractivity contribution in [1.82, 2.24) is 0 Å². The Morgan fingerprint density at radius 2 is 1.67 bits per heavy atom. The Balaban J connectivity index is 2.09. The zero-order valence-electron chi connectivity index (χ0n) is 10.6. The maximum atomic E-state index is 11.8. The summed E-state index contributed by atoms with van der Waals surface area (Å²) in [6.07, 6.45) is 0. The number of aromatic hydroxyl groups is 1. The van der Waals surface area contributed by atoms with E-state index < -0.39 is 12.0 Å².